The topological polar surface area (TPSA) is 73.8 Å². The summed E-state index contributed by atoms with van der Waals surface area (Å²) in [5.41, 5.74) is 6.07. The molecule has 0 amide bonds. The van der Waals surface area contributed by atoms with Crippen molar-refractivity contribution < 1.29 is 9.84 Å². The first-order chi connectivity index (χ1) is 18.0. The van der Waals surface area contributed by atoms with E-state index < -0.39 is 0 Å². The van der Waals surface area contributed by atoms with Crippen molar-refractivity contribution in [1.29, 1.82) is 0 Å². The molecule has 2 N–H and O–H groups in total. The molecule has 0 unspecified atom stereocenters. The Morgan fingerprint density at radius 3 is 2.59 bits per heavy atom. The van der Waals surface area contributed by atoms with Crippen molar-refractivity contribution in [2.24, 2.45) is 0 Å². The number of piperazine rings is 1. The first kappa shape index (κ1) is 27.1. The molecule has 1 aliphatic heterocycles. The van der Waals surface area contributed by atoms with Gasteiger partial charge in [0, 0.05) is 56.6 Å². The number of rotatable bonds is 10. The molecule has 1 saturated heterocycles. The van der Waals surface area contributed by atoms with Gasteiger partial charge in [-0.15, -0.1) is 0 Å². The Morgan fingerprint density at radius 1 is 1.14 bits per heavy atom. The number of nitrogens with zero attached hydrogens (tertiary/aromatic N) is 4. The van der Waals surface area contributed by atoms with Gasteiger partial charge in [0.25, 0.3) is 0 Å². The molecular formula is C29H36ClN5O2. The molecule has 1 aromatic heterocycles. The van der Waals surface area contributed by atoms with Crippen molar-refractivity contribution in [3.8, 4) is 5.75 Å². The van der Waals surface area contributed by atoms with E-state index in [2.05, 4.69) is 63.4 Å². The van der Waals surface area contributed by atoms with E-state index in [1.54, 1.807) is 13.3 Å². The molecule has 0 atom stereocenters. The minimum Gasteiger partial charge on any atom is -0.497 e. The number of ether oxygens (including phenoxy) is 1. The van der Waals surface area contributed by atoms with Crippen molar-refractivity contribution >= 4 is 28.8 Å². The lowest BCUT2D eigenvalue weighted by molar-refractivity contribution is 0.108. The molecule has 4 rings (SSSR count). The fourth-order valence-corrected chi connectivity index (χ4v) is 4.96. The average molecular weight is 522 g/mol. The minimum absolute atomic E-state index is 0.208. The quantitative estimate of drug-likeness (QED) is 0.388. The van der Waals surface area contributed by atoms with Gasteiger partial charge in [-0.05, 0) is 42.2 Å². The van der Waals surface area contributed by atoms with Crippen LogP contribution in [0.2, 0.25) is 5.02 Å². The van der Waals surface area contributed by atoms with Crippen LogP contribution >= 0.6 is 11.6 Å². The molecule has 7 nitrogen and oxygen atoms in total. The summed E-state index contributed by atoms with van der Waals surface area (Å²) in [6.45, 7) is 9.79. The number of halogens is 1. The van der Waals surface area contributed by atoms with Gasteiger partial charge in [0.2, 0.25) is 5.95 Å². The van der Waals surface area contributed by atoms with Crippen LogP contribution in [-0.4, -0.2) is 71.3 Å². The lowest BCUT2D eigenvalue weighted by atomic mass is 9.95. The summed E-state index contributed by atoms with van der Waals surface area (Å²) in [5, 5.41) is 13.1. The predicted octanol–water partition coefficient (Wildman–Crippen LogP) is 5.01. The molecule has 8 heteroatoms. The van der Waals surface area contributed by atoms with Gasteiger partial charge in [-0.3, -0.25) is 9.80 Å². The van der Waals surface area contributed by atoms with Crippen LogP contribution in [0, 0.1) is 0 Å². The maximum atomic E-state index is 9.19. The molecule has 196 valence electrons. The van der Waals surface area contributed by atoms with E-state index in [1.165, 1.54) is 5.56 Å². The van der Waals surface area contributed by atoms with Crippen LogP contribution < -0.4 is 10.1 Å². The van der Waals surface area contributed by atoms with Gasteiger partial charge in [-0.25, -0.2) is 9.97 Å². The highest BCUT2D eigenvalue weighted by atomic mass is 35.5. The van der Waals surface area contributed by atoms with E-state index in [0.717, 1.165) is 73.8 Å². The first-order valence-corrected chi connectivity index (χ1v) is 13.2. The fourth-order valence-electron chi connectivity index (χ4n) is 4.77. The zero-order valence-corrected chi connectivity index (χ0v) is 22.6. The number of aliphatic hydroxyl groups excluding tert-OH is 1. The lowest BCUT2D eigenvalue weighted by Crippen LogP contribution is -2.46. The third kappa shape index (κ3) is 6.87. The second kappa shape index (κ2) is 13.0. The number of nitrogens with one attached hydrogen (secondary N) is 1. The van der Waals surface area contributed by atoms with Crippen LogP contribution in [0.25, 0.3) is 5.57 Å². The summed E-state index contributed by atoms with van der Waals surface area (Å²) in [5.74, 6) is 1.25. The summed E-state index contributed by atoms with van der Waals surface area (Å²) < 4.78 is 5.59. The highest BCUT2D eigenvalue weighted by molar-refractivity contribution is 6.32. The second-order valence-corrected chi connectivity index (χ2v) is 9.55. The summed E-state index contributed by atoms with van der Waals surface area (Å²) >= 11 is 6.59. The molecule has 0 spiro atoms. The SMILES string of the molecule is C/C=C(\c1ccccc1CC)c1nc(Nc2cc(CN3CCN(CCO)CC3)cc(OC)c2)ncc1Cl. The van der Waals surface area contributed by atoms with E-state index in [1.807, 2.05) is 19.1 Å². The van der Waals surface area contributed by atoms with Crippen molar-refractivity contribution in [3.63, 3.8) is 0 Å². The molecule has 37 heavy (non-hydrogen) atoms. The largest absolute Gasteiger partial charge is 0.497 e. The number of benzene rings is 2. The lowest BCUT2D eigenvalue weighted by Gasteiger charge is -2.34. The number of hydrogen-bond acceptors (Lipinski definition) is 7. The van der Waals surface area contributed by atoms with E-state index in [0.29, 0.717) is 16.7 Å². The second-order valence-electron chi connectivity index (χ2n) is 9.14. The molecule has 3 aromatic rings. The van der Waals surface area contributed by atoms with Crippen LogP contribution in [-0.2, 0) is 13.0 Å². The van der Waals surface area contributed by atoms with Crippen molar-refractivity contribution in [2.75, 3.05) is 51.8 Å². The number of aliphatic hydroxyl groups is 1. The Morgan fingerprint density at radius 2 is 1.89 bits per heavy atom. The maximum absolute atomic E-state index is 9.19. The Balaban J connectivity index is 1.55. The number of anilines is 2. The molecule has 0 radical (unpaired) electrons. The fraction of sp³-hybridized carbons (Fsp3) is 0.379. The maximum Gasteiger partial charge on any atom is 0.227 e. The zero-order chi connectivity index (χ0) is 26.2. The molecule has 2 heterocycles. The number of aryl methyl sites for hydroxylation is 1. The first-order valence-electron chi connectivity index (χ1n) is 12.8. The van der Waals surface area contributed by atoms with Crippen LogP contribution in [0.4, 0.5) is 11.6 Å². The van der Waals surface area contributed by atoms with E-state index in [9.17, 15) is 5.11 Å². The number of allylic oxidation sites excluding steroid dienone is 1. The Bertz CT molecular complexity index is 1220. The predicted molar refractivity (Wildman–Crippen MR) is 151 cm³/mol. The van der Waals surface area contributed by atoms with Crippen molar-refractivity contribution in [2.45, 2.75) is 26.8 Å². The molecule has 1 aliphatic rings. The number of aromatic nitrogens is 2. The standard InChI is InChI=1S/C29H36ClN5O2/c1-4-22-8-6-7-9-26(22)25(5-2)28-27(30)19-31-29(33-28)32-23-16-21(17-24(18-23)37-3)20-35-12-10-34(11-13-35)14-15-36/h5-9,16-19,36H,4,10-15,20H2,1-3H3,(H,31,32,33)/b25-5+. The van der Waals surface area contributed by atoms with Gasteiger partial charge in [0.05, 0.1) is 30.6 Å². The number of methoxy groups -OCH3 is 1. The normalized spacial score (nSPS) is 15.1. The Hall–Kier alpha value is -2.97. The minimum atomic E-state index is 0.208. The number of hydrogen-bond donors (Lipinski definition) is 2. The molecule has 0 saturated carbocycles. The molecule has 1 fully saturated rings. The van der Waals surface area contributed by atoms with Crippen LogP contribution in [0.1, 0.15) is 36.2 Å². The van der Waals surface area contributed by atoms with Crippen LogP contribution in [0.5, 0.6) is 5.75 Å². The van der Waals surface area contributed by atoms with Gasteiger partial charge >= 0.3 is 0 Å². The van der Waals surface area contributed by atoms with Gasteiger partial charge in [-0.1, -0.05) is 48.9 Å². The van der Waals surface area contributed by atoms with Crippen LogP contribution in [0.3, 0.4) is 0 Å². The highest BCUT2D eigenvalue weighted by Gasteiger charge is 2.18. The van der Waals surface area contributed by atoms with Gasteiger partial charge < -0.3 is 15.2 Å². The molecule has 2 aromatic carbocycles. The third-order valence-corrected chi connectivity index (χ3v) is 7.00. The van der Waals surface area contributed by atoms with Crippen LogP contribution in [0.15, 0.2) is 54.7 Å². The summed E-state index contributed by atoms with van der Waals surface area (Å²) in [4.78, 5) is 14.0. The summed E-state index contributed by atoms with van der Waals surface area (Å²) in [6.07, 6.45) is 4.62. The smallest absolute Gasteiger partial charge is 0.227 e. The van der Waals surface area contributed by atoms with E-state index >= 15 is 0 Å². The molecule has 0 aliphatic carbocycles. The monoisotopic (exact) mass is 521 g/mol. The van der Waals surface area contributed by atoms with Crippen molar-refractivity contribution in [3.05, 3.63) is 82.1 Å². The highest BCUT2D eigenvalue weighted by Crippen LogP contribution is 2.31. The molecule has 0 bridgehead atoms. The van der Waals surface area contributed by atoms with E-state index in [-0.39, 0.29) is 6.61 Å². The average Bonchev–Trinajstić information content (AvgIpc) is 2.92. The third-order valence-electron chi connectivity index (χ3n) is 6.72. The Labute approximate surface area is 224 Å². The zero-order valence-electron chi connectivity index (χ0n) is 21.9. The summed E-state index contributed by atoms with van der Waals surface area (Å²) in [7, 11) is 1.68. The van der Waals surface area contributed by atoms with Crippen molar-refractivity contribution in [1.82, 2.24) is 19.8 Å². The Kier molecular flexibility index (Phi) is 9.52. The summed E-state index contributed by atoms with van der Waals surface area (Å²) in [6, 6.07) is 14.5. The molecular weight excluding hydrogens is 486 g/mol. The van der Waals surface area contributed by atoms with E-state index in [4.69, 9.17) is 21.3 Å². The van der Waals surface area contributed by atoms with Gasteiger partial charge in [-0.2, -0.15) is 0 Å². The van der Waals surface area contributed by atoms with Gasteiger partial charge in [0.1, 0.15) is 5.75 Å². The number of β-amino-alcohol motifs (C(OH)–C–C–N with tert-alkyl or cyclic N) is 1. The van der Waals surface area contributed by atoms with Gasteiger partial charge in [0.15, 0.2) is 0 Å².